The predicted molar refractivity (Wildman–Crippen MR) is 136 cm³/mol. The number of hydrogen-bond acceptors (Lipinski definition) is 7. The van der Waals surface area contributed by atoms with Crippen LogP contribution >= 0.6 is 0 Å². The van der Waals surface area contributed by atoms with Crippen LogP contribution in [0, 0.1) is 6.92 Å². The quantitative estimate of drug-likeness (QED) is 0.384. The number of amides is 1. The van der Waals surface area contributed by atoms with Crippen LogP contribution in [0.5, 0.6) is 0 Å². The largest absolute Gasteiger partial charge is 0.449 e. The number of hydrogen-bond donors (Lipinski definition) is 1. The lowest BCUT2D eigenvalue weighted by molar-refractivity contribution is -0.148. The van der Waals surface area contributed by atoms with Gasteiger partial charge in [-0.05, 0) is 49.8 Å². The highest BCUT2D eigenvalue weighted by Crippen LogP contribution is 2.24. The van der Waals surface area contributed by atoms with Crippen LogP contribution in [0.15, 0.2) is 65.6 Å². The molecule has 1 atom stereocenters. The van der Waals surface area contributed by atoms with Crippen LogP contribution in [-0.4, -0.2) is 62.0 Å². The number of anilines is 1. The zero-order valence-electron chi connectivity index (χ0n) is 20.0. The molecule has 0 bridgehead atoms. The minimum Gasteiger partial charge on any atom is -0.449 e. The monoisotopic (exact) mass is 509 g/mol. The molecular formula is C26H27N3O6S. The van der Waals surface area contributed by atoms with E-state index in [-0.39, 0.29) is 23.7 Å². The summed E-state index contributed by atoms with van der Waals surface area (Å²) in [4.78, 5) is 29.4. The number of rotatable bonds is 7. The van der Waals surface area contributed by atoms with Gasteiger partial charge in [0.05, 0.1) is 29.3 Å². The molecule has 1 unspecified atom stereocenters. The number of carbonyl (C=O) groups is 2. The normalized spacial score (nSPS) is 15.6. The number of benzene rings is 2. The van der Waals surface area contributed by atoms with Crippen LogP contribution in [-0.2, 0) is 29.1 Å². The standard InChI is InChI=1S/C26H27N3O6S/c1-18-7-9-22(17-24(18)36(32,33)29-13-15-34-16-14-29)28-26(31)19(2)35-25(30)12-11-21-10-8-20-5-3-4-6-23(20)27-21/h3-12,17,19H,13-16H2,1-2H3,(H,28,31)/b12-11+. The molecule has 1 N–H and O–H groups in total. The van der Waals surface area contributed by atoms with Gasteiger partial charge >= 0.3 is 5.97 Å². The van der Waals surface area contributed by atoms with E-state index >= 15 is 0 Å². The molecule has 2 aromatic carbocycles. The molecule has 1 aliphatic rings. The van der Waals surface area contributed by atoms with E-state index in [0.29, 0.717) is 24.5 Å². The Labute approximate surface area is 209 Å². The summed E-state index contributed by atoms with van der Waals surface area (Å²) in [5.41, 5.74) is 2.23. The van der Waals surface area contributed by atoms with Crippen molar-refractivity contribution in [2.24, 2.45) is 0 Å². The average Bonchev–Trinajstić information content (AvgIpc) is 2.88. The van der Waals surface area contributed by atoms with Gasteiger partial charge in [0.1, 0.15) is 0 Å². The molecule has 9 nitrogen and oxygen atoms in total. The third-order valence-electron chi connectivity index (χ3n) is 5.72. The van der Waals surface area contributed by atoms with Crippen LogP contribution in [0.25, 0.3) is 17.0 Å². The first-order chi connectivity index (χ1) is 17.2. The molecule has 0 saturated carbocycles. The summed E-state index contributed by atoms with van der Waals surface area (Å²) in [5, 5.41) is 3.61. The third-order valence-corrected chi connectivity index (χ3v) is 7.76. The molecule has 2 heterocycles. The van der Waals surface area contributed by atoms with E-state index in [0.717, 1.165) is 10.9 Å². The third kappa shape index (κ3) is 5.96. The van der Waals surface area contributed by atoms with Gasteiger partial charge in [-0.2, -0.15) is 4.31 Å². The van der Waals surface area contributed by atoms with E-state index in [1.54, 1.807) is 25.1 Å². The van der Waals surface area contributed by atoms with Crippen molar-refractivity contribution in [3.05, 3.63) is 71.9 Å². The fourth-order valence-corrected chi connectivity index (χ4v) is 5.38. The van der Waals surface area contributed by atoms with Crippen molar-refractivity contribution in [3.8, 4) is 0 Å². The van der Waals surface area contributed by atoms with Gasteiger partial charge in [-0.3, -0.25) is 4.79 Å². The van der Waals surface area contributed by atoms with Crippen molar-refractivity contribution in [2.45, 2.75) is 24.8 Å². The number of carbonyl (C=O) groups excluding carboxylic acids is 2. The van der Waals surface area contributed by atoms with E-state index in [4.69, 9.17) is 9.47 Å². The molecule has 1 aromatic heterocycles. The van der Waals surface area contributed by atoms with Gasteiger partial charge in [-0.25, -0.2) is 18.2 Å². The fourth-order valence-electron chi connectivity index (χ4n) is 3.72. The van der Waals surface area contributed by atoms with Gasteiger partial charge in [-0.1, -0.05) is 30.3 Å². The molecule has 0 aliphatic carbocycles. The van der Waals surface area contributed by atoms with Crippen LogP contribution in [0.3, 0.4) is 0 Å². The van der Waals surface area contributed by atoms with E-state index in [2.05, 4.69) is 10.3 Å². The molecule has 1 saturated heterocycles. The lowest BCUT2D eigenvalue weighted by atomic mass is 10.2. The van der Waals surface area contributed by atoms with E-state index in [1.165, 1.54) is 29.4 Å². The number of aryl methyl sites for hydroxylation is 1. The zero-order valence-corrected chi connectivity index (χ0v) is 20.8. The topological polar surface area (TPSA) is 115 Å². The maximum Gasteiger partial charge on any atom is 0.331 e. The summed E-state index contributed by atoms with van der Waals surface area (Å²) in [7, 11) is -3.74. The first kappa shape index (κ1) is 25.5. The van der Waals surface area contributed by atoms with Crippen molar-refractivity contribution in [1.29, 1.82) is 0 Å². The molecule has 3 aromatic rings. The lowest BCUT2D eigenvalue weighted by Crippen LogP contribution is -2.40. The number of nitrogens with one attached hydrogen (secondary N) is 1. The molecule has 188 valence electrons. The summed E-state index contributed by atoms with van der Waals surface area (Å²) in [6, 6.07) is 15.9. The maximum absolute atomic E-state index is 13.1. The summed E-state index contributed by atoms with van der Waals surface area (Å²) in [6.45, 7) is 4.35. The fraction of sp³-hybridized carbons (Fsp3) is 0.269. The summed E-state index contributed by atoms with van der Waals surface area (Å²) in [6.07, 6.45) is 1.62. The Hall–Kier alpha value is -3.60. The lowest BCUT2D eigenvalue weighted by Gasteiger charge is -2.27. The van der Waals surface area contributed by atoms with Crippen molar-refractivity contribution in [1.82, 2.24) is 9.29 Å². The van der Waals surface area contributed by atoms with Crippen molar-refractivity contribution in [3.63, 3.8) is 0 Å². The molecular weight excluding hydrogens is 482 g/mol. The van der Waals surface area contributed by atoms with Gasteiger partial charge in [-0.15, -0.1) is 0 Å². The van der Waals surface area contributed by atoms with Crippen LogP contribution in [0.1, 0.15) is 18.2 Å². The van der Waals surface area contributed by atoms with Gasteiger partial charge in [0.25, 0.3) is 5.91 Å². The first-order valence-corrected chi connectivity index (χ1v) is 12.9. The summed E-state index contributed by atoms with van der Waals surface area (Å²) in [5.74, 6) is -1.29. The number of aromatic nitrogens is 1. The minimum atomic E-state index is -3.74. The molecule has 4 rings (SSSR count). The van der Waals surface area contributed by atoms with Gasteiger partial charge in [0, 0.05) is 30.2 Å². The van der Waals surface area contributed by atoms with Gasteiger partial charge in [0.15, 0.2) is 6.10 Å². The number of nitrogens with zero attached hydrogens (tertiary/aromatic N) is 2. The zero-order chi connectivity index (χ0) is 25.7. The van der Waals surface area contributed by atoms with Crippen LogP contribution < -0.4 is 5.32 Å². The van der Waals surface area contributed by atoms with Gasteiger partial charge in [0.2, 0.25) is 10.0 Å². The number of para-hydroxylation sites is 1. The Morgan fingerprint density at radius 3 is 2.64 bits per heavy atom. The second kappa shape index (κ2) is 11.0. The second-order valence-corrected chi connectivity index (χ2v) is 10.2. The first-order valence-electron chi connectivity index (χ1n) is 11.5. The molecule has 1 fully saturated rings. The highest BCUT2D eigenvalue weighted by Gasteiger charge is 2.28. The van der Waals surface area contributed by atoms with E-state index in [9.17, 15) is 18.0 Å². The highest BCUT2D eigenvalue weighted by molar-refractivity contribution is 7.89. The minimum absolute atomic E-state index is 0.109. The Morgan fingerprint density at radius 1 is 1.11 bits per heavy atom. The smallest absolute Gasteiger partial charge is 0.331 e. The van der Waals surface area contributed by atoms with Crippen molar-refractivity contribution < 1.29 is 27.5 Å². The molecule has 0 radical (unpaired) electrons. The molecule has 36 heavy (non-hydrogen) atoms. The van der Waals surface area contributed by atoms with Crippen molar-refractivity contribution >= 4 is 44.6 Å². The van der Waals surface area contributed by atoms with Gasteiger partial charge < -0.3 is 14.8 Å². The SMILES string of the molecule is Cc1ccc(NC(=O)C(C)OC(=O)/C=C/c2ccc3ccccc3n2)cc1S(=O)(=O)N1CCOCC1. The Kier molecular flexibility index (Phi) is 7.78. The summed E-state index contributed by atoms with van der Waals surface area (Å²) >= 11 is 0. The predicted octanol–water partition coefficient (Wildman–Crippen LogP) is 3.15. The number of fused-ring (bicyclic) bond motifs is 1. The summed E-state index contributed by atoms with van der Waals surface area (Å²) < 4.78 is 37.9. The number of sulfonamides is 1. The number of morpholine rings is 1. The Balaban J connectivity index is 1.39. The van der Waals surface area contributed by atoms with Crippen LogP contribution in [0.4, 0.5) is 5.69 Å². The van der Waals surface area contributed by atoms with E-state index < -0.39 is 28.0 Å². The second-order valence-electron chi connectivity index (χ2n) is 8.33. The Morgan fingerprint density at radius 2 is 1.86 bits per heavy atom. The average molecular weight is 510 g/mol. The van der Waals surface area contributed by atoms with Crippen LogP contribution in [0.2, 0.25) is 0 Å². The van der Waals surface area contributed by atoms with E-state index in [1.807, 2.05) is 30.3 Å². The molecule has 10 heteroatoms. The maximum atomic E-state index is 13.1. The number of esters is 1. The molecule has 1 aliphatic heterocycles. The number of ether oxygens (including phenoxy) is 2. The highest BCUT2D eigenvalue weighted by atomic mass is 32.2. The Bertz CT molecular complexity index is 1410. The van der Waals surface area contributed by atoms with Crippen molar-refractivity contribution in [2.75, 3.05) is 31.6 Å². The molecule has 0 spiro atoms. The number of pyridine rings is 1. The molecule has 1 amide bonds.